The summed E-state index contributed by atoms with van der Waals surface area (Å²) in [4.78, 5) is 35.9. The molecule has 0 aliphatic carbocycles. The monoisotopic (exact) mass is 412 g/mol. The molecular formula is C21H24N4O3S. The van der Waals surface area contributed by atoms with Gasteiger partial charge in [-0.25, -0.2) is 0 Å². The van der Waals surface area contributed by atoms with Gasteiger partial charge in [0.15, 0.2) is 5.11 Å². The second-order valence-corrected chi connectivity index (χ2v) is 7.25. The summed E-state index contributed by atoms with van der Waals surface area (Å²) in [6.07, 6.45) is 0.611. The van der Waals surface area contributed by atoms with E-state index in [2.05, 4.69) is 21.5 Å². The largest absolute Gasteiger partial charge is 0.326 e. The SMILES string of the molecule is CC(C)CC(=O)Nc1ccc(C(=O)NNC(=S)NC(=O)Cc2ccccc2)cc1. The van der Waals surface area contributed by atoms with Crippen LogP contribution in [0.25, 0.3) is 0 Å². The Labute approximate surface area is 175 Å². The molecule has 4 N–H and O–H groups in total. The van der Waals surface area contributed by atoms with Gasteiger partial charge in [0.1, 0.15) is 0 Å². The number of rotatable bonds is 6. The number of carbonyl (C=O) groups is 3. The van der Waals surface area contributed by atoms with Crippen molar-refractivity contribution in [3.8, 4) is 0 Å². The van der Waals surface area contributed by atoms with E-state index < -0.39 is 5.91 Å². The molecule has 0 saturated heterocycles. The Morgan fingerprint density at radius 1 is 0.897 bits per heavy atom. The highest BCUT2D eigenvalue weighted by Gasteiger charge is 2.10. The van der Waals surface area contributed by atoms with Crippen LogP contribution in [-0.2, 0) is 16.0 Å². The fraction of sp³-hybridized carbons (Fsp3) is 0.238. The average molecular weight is 413 g/mol. The molecule has 0 radical (unpaired) electrons. The molecule has 0 fully saturated rings. The minimum atomic E-state index is -0.426. The van der Waals surface area contributed by atoms with E-state index >= 15 is 0 Å². The van der Waals surface area contributed by atoms with Crippen LogP contribution in [0.15, 0.2) is 54.6 Å². The summed E-state index contributed by atoms with van der Waals surface area (Å²) >= 11 is 5.01. The van der Waals surface area contributed by atoms with E-state index in [1.54, 1.807) is 24.3 Å². The lowest BCUT2D eigenvalue weighted by Crippen LogP contribution is -2.48. The summed E-state index contributed by atoms with van der Waals surface area (Å²) in [5.74, 6) is -0.521. The maximum absolute atomic E-state index is 12.2. The predicted molar refractivity (Wildman–Crippen MR) is 116 cm³/mol. The standard InChI is InChI=1S/C21H24N4O3S/c1-14(2)12-18(26)22-17-10-8-16(9-11-17)20(28)24-25-21(29)23-19(27)13-15-6-4-3-5-7-15/h3-11,14H,12-13H2,1-2H3,(H,22,26)(H,24,28)(H2,23,25,27,29). The Kier molecular flexibility index (Phi) is 8.29. The summed E-state index contributed by atoms with van der Waals surface area (Å²) in [6.45, 7) is 3.93. The molecule has 0 spiro atoms. The highest BCUT2D eigenvalue weighted by Crippen LogP contribution is 2.11. The molecule has 2 aromatic rings. The van der Waals surface area contributed by atoms with Crippen molar-refractivity contribution in [3.63, 3.8) is 0 Å². The minimum absolute atomic E-state index is 0.00292. The van der Waals surface area contributed by atoms with Gasteiger partial charge in [0.25, 0.3) is 5.91 Å². The van der Waals surface area contributed by atoms with Gasteiger partial charge < -0.3 is 10.6 Å². The van der Waals surface area contributed by atoms with E-state index in [4.69, 9.17) is 12.2 Å². The number of anilines is 1. The van der Waals surface area contributed by atoms with Crippen LogP contribution in [0.4, 0.5) is 5.69 Å². The second kappa shape index (κ2) is 10.9. The zero-order valence-corrected chi connectivity index (χ0v) is 17.1. The molecule has 0 saturated carbocycles. The first-order valence-electron chi connectivity index (χ1n) is 9.17. The number of hydrazine groups is 1. The molecule has 3 amide bonds. The van der Waals surface area contributed by atoms with Crippen molar-refractivity contribution < 1.29 is 14.4 Å². The molecule has 2 aromatic carbocycles. The highest BCUT2D eigenvalue weighted by atomic mass is 32.1. The van der Waals surface area contributed by atoms with Gasteiger partial charge in [0.2, 0.25) is 11.8 Å². The molecule has 8 heteroatoms. The average Bonchev–Trinajstić information content (AvgIpc) is 2.66. The maximum Gasteiger partial charge on any atom is 0.269 e. The van der Waals surface area contributed by atoms with Crippen molar-refractivity contribution in [2.24, 2.45) is 5.92 Å². The number of hydrogen-bond acceptors (Lipinski definition) is 4. The van der Waals surface area contributed by atoms with Gasteiger partial charge >= 0.3 is 0 Å². The number of benzene rings is 2. The molecule has 152 valence electrons. The van der Waals surface area contributed by atoms with Gasteiger partial charge in [-0.1, -0.05) is 44.2 Å². The van der Waals surface area contributed by atoms with Gasteiger partial charge in [-0.2, -0.15) is 0 Å². The van der Waals surface area contributed by atoms with E-state index in [1.165, 1.54) is 0 Å². The fourth-order valence-electron chi connectivity index (χ4n) is 2.46. The fourth-order valence-corrected chi connectivity index (χ4v) is 2.62. The molecular weight excluding hydrogens is 388 g/mol. The zero-order chi connectivity index (χ0) is 21.2. The number of hydrogen-bond donors (Lipinski definition) is 4. The molecule has 0 aromatic heterocycles. The highest BCUT2D eigenvalue weighted by molar-refractivity contribution is 7.80. The van der Waals surface area contributed by atoms with Gasteiger partial charge in [-0.05, 0) is 48.0 Å². The van der Waals surface area contributed by atoms with Crippen molar-refractivity contribution >= 4 is 40.7 Å². The van der Waals surface area contributed by atoms with E-state index in [0.717, 1.165) is 5.56 Å². The summed E-state index contributed by atoms with van der Waals surface area (Å²) in [5, 5.41) is 5.27. The first-order valence-corrected chi connectivity index (χ1v) is 9.58. The lowest BCUT2D eigenvalue weighted by molar-refractivity contribution is -0.119. The van der Waals surface area contributed by atoms with E-state index in [0.29, 0.717) is 17.7 Å². The van der Waals surface area contributed by atoms with Crippen LogP contribution in [0.3, 0.4) is 0 Å². The van der Waals surface area contributed by atoms with Gasteiger partial charge in [0.05, 0.1) is 6.42 Å². The van der Waals surface area contributed by atoms with Crippen molar-refractivity contribution in [2.75, 3.05) is 5.32 Å². The smallest absolute Gasteiger partial charge is 0.269 e. The molecule has 7 nitrogen and oxygen atoms in total. The van der Waals surface area contributed by atoms with Crippen LogP contribution in [0.1, 0.15) is 36.2 Å². The van der Waals surface area contributed by atoms with Crippen LogP contribution in [0.5, 0.6) is 0 Å². The Morgan fingerprint density at radius 3 is 2.17 bits per heavy atom. The van der Waals surface area contributed by atoms with Gasteiger partial charge in [0, 0.05) is 17.7 Å². The molecule has 0 heterocycles. The van der Waals surface area contributed by atoms with Crippen LogP contribution in [0, 0.1) is 5.92 Å². The summed E-state index contributed by atoms with van der Waals surface area (Å²) in [7, 11) is 0. The molecule has 0 unspecified atom stereocenters. The molecule has 29 heavy (non-hydrogen) atoms. The first kappa shape index (κ1) is 22.0. The summed E-state index contributed by atoms with van der Waals surface area (Å²) in [6, 6.07) is 15.7. The van der Waals surface area contributed by atoms with Crippen molar-refractivity contribution in [1.82, 2.24) is 16.2 Å². The summed E-state index contributed by atoms with van der Waals surface area (Å²) in [5.41, 5.74) is 6.76. The number of carbonyl (C=O) groups excluding carboxylic acids is 3. The number of amides is 3. The maximum atomic E-state index is 12.2. The third kappa shape index (κ3) is 8.10. The number of nitrogens with one attached hydrogen (secondary N) is 4. The van der Waals surface area contributed by atoms with Crippen LogP contribution >= 0.6 is 12.2 Å². The molecule has 0 bridgehead atoms. The first-order chi connectivity index (χ1) is 13.8. The Morgan fingerprint density at radius 2 is 1.55 bits per heavy atom. The van der Waals surface area contributed by atoms with Crippen molar-refractivity contribution in [1.29, 1.82) is 0 Å². The Balaban J connectivity index is 1.77. The normalized spacial score (nSPS) is 10.2. The predicted octanol–water partition coefficient (Wildman–Crippen LogP) is 2.55. The lowest BCUT2D eigenvalue weighted by Gasteiger charge is -2.11. The van der Waals surface area contributed by atoms with Crippen LogP contribution in [-0.4, -0.2) is 22.8 Å². The third-order valence-electron chi connectivity index (χ3n) is 3.77. The molecule has 0 atom stereocenters. The van der Waals surface area contributed by atoms with Crippen molar-refractivity contribution in [2.45, 2.75) is 26.7 Å². The molecule has 2 rings (SSSR count). The van der Waals surface area contributed by atoms with Gasteiger partial charge in [-0.3, -0.25) is 25.2 Å². The van der Waals surface area contributed by atoms with Crippen molar-refractivity contribution in [3.05, 3.63) is 65.7 Å². The second-order valence-electron chi connectivity index (χ2n) is 6.84. The van der Waals surface area contributed by atoms with Crippen LogP contribution < -0.4 is 21.5 Å². The van der Waals surface area contributed by atoms with Gasteiger partial charge in [-0.15, -0.1) is 0 Å². The Hall–Kier alpha value is -3.26. The van der Waals surface area contributed by atoms with E-state index in [1.807, 2.05) is 44.2 Å². The van der Waals surface area contributed by atoms with E-state index in [-0.39, 0.29) is 29.3 Å². The lowest BCUT2D eigenvalue weighted by atomic mass is 10.1. The number of thiocarbonyl (C=S) groups is 1. The Bertz CT molecular complexity index is 867. The molecule has 0 aliphatic rings. The molecule has 0 aliphatic heterocycles. The zero-order valence-electron chi connectivity index (χ0n) is 16.3. The topological polar surface area (TPSA) is 99.3 Å². The quantitative estimate of drug-likeness (QED) is 0.432. The third-order valence-corrected chi connectivity index (χ3v) is 3.98. The minimum Gasteiger partial charge on any atom is -0.326 e. The van der Waals surface area contributed by atoms with E-state index in [9.17, 15) is 14.4 Å². The van der Waals surface area contributed by atoms with Crippen LogP contribution in [0.2, 0.25) is 0 Å². The summed E-state index contributed by atoms with van der Waals surface area (Å²) < 4.78 is 0.